The lowest BCUT2D eigenvalue weighted by Crippen LogP contribution is -2.26. The maximum Gasteiger partial charge on any atom is 0.318 e. The van der Waals surface area contributed by atoms with E-state index < -0.39 is 0 Å². The number of urea groups is 1. The number of aryl methyl sites for hydroxylation is 1. The molecule has 0 aromatic heterocycles. The molecular weight excluding hydrogens is 250 g/mol. The Balaban J connectivity index is 0.000000621. The largest absolute Gasteiger partial charge is 0.341 e. The van der Waals surface area contributed by atoms with Gasteiger partial charge in [0.05, 0.1) is 0 Å². The molecule has 20 heavy (non-hydrogen) atoms. The third kappa shape index (κ3) is 11.5. The maximum atomic E-state index is 11.1. The van der Waals surface area contributed by atoms with Gasteiger partial charge in [0, 0.05) is 18.3 Å². The normalized spacial score (nSPS) is 10.3. The number of benzene rings is 1. The van der Waals surface area contributed by atoms with Crippen molar-refractivity contribution in [3.05, 3.63) is 29.8 Å². The minimum atomic E-state index is -0.178. The Morgan fingerprint density at radius 1 is 1.30 bits per heavy atom. The van der Waals surface area contributed by atoms with E-state index in [0.717, 1.165) is 12.1 Å². The zero-order chi connectivity index (χ0) is 15.6. The van der Waals surface area contributed by atoms with E-state index in [9.17, 15) is 4.79 Å². The van der Waals surface area contributed by atoms with Gasteiger partial charge in [-0.2, -0.15) is 0 Å². The highest BCUT2D eigenvalue weighted by Crippen LogP contribution is 2.12. The highest BCUT2D eigenvalue weighted by molar-refractivity contribution is 5.89. The Kier molecular flexibility index (Phi) is 8.64. The molecule has 0 aliphatic heterocycles. The predicted molar refractivity (Wildman–Crippen MR) is 87.1 cm³/mol. The molecule has 0 aliphatic rings. The molecule has 0 fully saturated rings. The smallest absolute Gasteiger partial charge is 0.318 e. The Hall–Kier alpha value is -1.55. The Labute approximate surface area is 123 Å². The van der Waals surface area contributed by atoms with Crippen molar-refractivity contribution in [3.63, 3.8) is 0 Å². The van der Waals surface area contributed by atoms with Crippen LogP contribution in [0.15, 0.2) is 24.3 Å². The lowest BCUT2D eigenvalue weighted by Gasteiger charge is -2.06. The predicted octanol–water partition coefficient (Wildman–Crippen LogP) is 3.52. The summed E-state index contributed by atoms with van der Waals surface area (Å²) in [5.41, 5.74) is 7.47. The molecule has 2 amide bonds. The van der Waals surface area contributed by atoms with Gasteiger partial charge in [0.1, 0.15) is 0 Å². The number of hydrogen-bond acceptors (Lipinski definition) is 2. The van der Waals surface area contributed by atoms with Gasteiger partial charge in [-0.25, -0.2) is 4.79 Å². The van der Waals surface area contributed by atoms with Crippen molar-refractivity contribution in [2.24, 2.45) is 5.73 Å². The van der Waals surface area contributed by atoms with Crippen LogP contribution in [-0.4, -0.2) is 18.6 Å². The van der Waals surface area contributed by atoms with Gasteiger partial charge < -0.3 is 16.4 Å². The highest BCUT2D eigenvalue weighted by atomic mass is 16.2. The van der Waals surface area contributed by atoms with Crippen molar-refractivity contribution in [2.45, 2.75) is 52.5 Å². The van der Waals surface area contributed by atoms with E-state index in [2.05, 4.69) is 23.6 Å². The number of hydrogen-bond donors (Lipinski definition) is 3. The molecule has 4 nitrogen and oxygen atoms in total. The summed E-state index contributed by atoms with van der Waals surface area (Å²) in [6, 6.07) is 7.79. The summed E-state index contributed by atoms with van der Waals surface area (Å²) in [5, 5.41) is 5.28. The van der Waals surface area contributed by atoms with Crippen molar-refractivity contribution < 1.29 is 4.79 Å². The standard InChI is InChI=1S/C12H18N2O.C4H11N/c1-3-4-6-10-7-5-8-11(9-10)14-12(15)13-2;1-4(2,3)5/h5,7-9H,3-4,6H2,1-2H3,(H2,13,14,15);5H2,1-3H3. The molecule has 0 heterocycles. The molecule has 1 aromatic carbocycles. The summed E-state index contributed by atoms with van der Waals surface area (Å²) >= 11 is 0. The lowest BCUT2D eigenvalue weighted by atomic mass is 10.1. The molecule has 0 bridgehead atoms. The number of unbranched alkanes of at least 4 members (excludes halogenated alkanes) is 1. The number of anilines is 1. The number of nitrogens with one attached hydrogen (secondary N) is 2. The Bertz CT molecular complexity index is 391. The van der Waals surface area contributed by atoms with Gasteiger partial charge in [-0.3, -0.25) is 0 Å². The van der Waals surface area contributed by atoms with Crippen molar-refractivity contribution in [3.8, 4) is 0 Å². The van der Waals surface area contributed by atoms with Crippen molar-refractivity contribution >= 4 is 11.7 Å². The summed E-state index contributed by atoms with van der Waals surface area (Å²) in [7, 11) is 1.61. The topological polar surface area (TPSA) is 67.1 Å². The average Bonchev–Trinajstić information content (AvgIpc) is 2.34. The first kappa shape index (κ1) is 18.4. The van der Waals surface area contributed by atoms with E-state index in [4.69, 9.17) is 5.73 Å². The molecule has 1 aromatic rings. The summed E-state index contributed by atoms with van der Waals surface area (Å²) in [5.74, 6) is 0. The van der Waals surface area contributed by atoms with Crippen LogP contribution in [0.3, 0.4) is 0 Å². The first-order chi connectivity index (χ1) is 9.26. The molecular formula is C16H29N3O. The number of rotatable bonds is 4. The molecule has 1 rings (SSSR count). The zero-order valence-corrected chi connectivity index (χ0v) is 13.4. The number of nitrogens with two attached hydrogens (primary N) is 1. The summed E-state index contributed by atoms with van der Waals surface area (Å²) < 4.78 is 0. The molecule has 0 atom stereocenters. The minimum absolute atomic E-state index is 0. The Morgan fingerprint density at radius 3 is 2.40 bits per heavy atom. The first-order valence-electron chi connectivity index (χ1n) is 7.12. The van der Waals surface area contributed by atoms with Crippen LogP contribution >= 0.6 is 0 Å². The monoisotopic (exact) mass is 279 g/mol. The molecule has 0 aliphatic carbocycles. The molecule has 114 valence electrons. The van der Waals surface area contributed by atoms with Crippen molar-refractivity contribution in [1.29, 1.82) is 0 Å². The second-order valence-electron chi connectivity index (χ2n) is 5.87. The SMILES string of the molecule is CC(C)(C)N.CCCCc1cccc(NC(=O)NC)c1. The fourth-order valence-electron chi connectivity index (χ4n) is 1.38. The average molecular weight is 279 g/mol. The molecule has 0 saturated heterocycles. The van der Waals surface area contributed by atoms with Gasteiger partial charge >= 0.3 is 6.03 Å². The molecule has 4 N–H and O–H groups in total. The van der Waals surface area contributed by atoms with Crippen LogP contribution < -0.4 is 16.4 Å². The van der Waals surface area contributed by atoms with Crippen LogP contribution in [0, 0.1) is 0 Å². The molecule has 0 spiro atoms. The van der Waals surface area contributed by atoms with Gasteiger partial charge in [-0.05, 0) is 51.3 Å². The van der Waals surface area contributed by atoms with Gasteiger partial charge in [0.2, 0.25) is 0 Å². The second-order valence-corrected chi connectivity index (χ2v) is 5.87. The molecule has 0 saturated carbocycles. The van der Waals surface area contributed by atoms with E-state index in [1.165, 1.54) is 18.4 Å². The van der Waals surface area contributed by atoms with Crippen LogP contribution in [0.25, 0.3) is 0 Å². The Morgan fingerprint density at radius 2 is 1.90 bits per heavy atom. The number of carbonyl (C=O) groups is 1. The minimum Gasteiger partial charge on any atom is -0.341 e. The zero-order valence-electron chi connectivity index (χ0n) is 13.4. The van der Waals surface area contributed by atoms with Crippen molar-refractivity contribution in [2.75, 3.05) is 12.4 Å². The maximum absolute atomic E-state index is 11.1. The fourth-order valence-corrected chi connectivity index (χ4v) is 1.38. The fraction of sp³-hybridized carbons (Fsp3) is 0.562. The van der Waals surface area contributed by atoms with E-state index in [1.807, 2.05) is 39.0 Å². The summed E-state index contributed by atoms with van der Waals surface area (Å²) in [6.45, 7) is 8.07. The van der Waals surface area contributed by atoms with E-state index in [1.54, 1.807) is 7.05 Å². The summed E-state index contributed by atoms with van der Waals surface area (Å²) in [4.78, 5) is 11.1. The molecule has 0 unspecified atom stereocenters. The third-order valence-electron chi connectivity index (χ3n) is 2.23. The van der Waals surface area contributed by atoms with Crippen LogP contribution in [0.2, 0.25) is 0 Å². The van der Waals surface area contributed by atoms with Crippen molar-refractivity contribution in [1.82, 2.24) is 5.32 Å². The van der Waals surface area contributed by atoms with Gasteiger partial charge in [0.25, 0.3) is 0 Å². The summed E-state index contributed by atoms with van der Waals surface area (Å²) in [6.07, 6.45) is 3.44. The number of carbonyl (C=O) groups excluding carboxylic acids is 1. The van der Waals surface area contributed by atoms with Gasteiger partial charge in [-0.15, -0.1) is 0 Å². The van der Waals surface area contributed by atoms with Crippen LogP contribution in [0.5, 0.6) is 0 Å². The van der Waals surface area contributed by atoms with E-state index >= 15 is 0 Å². The van der Waals surface area contributed by atoms with E-state index in [-0.39, 0.29) is 11.6 Å². The second kappa shape index (κ2) is 9.37. The van der Waals surface area contributed by atoms with Gasteiger partial charge in [-0.1, -0.05) is 25.5 Å². The molecule has 0 radical (unpaired) electrons. The van der Waals surface area contributed by atoms with Crippen LogP contribution in [0.4, 0.5) is 10.5 Å². The third-order valence-corrected chi connectivity index (χ3v) is 2.23. The van der Waals surface area contributed by atoms with Gasteiger partial charge in [0.15, 0.2) is 0 Å². The highest BCUT2D eigenvalue weighted by Gasteiger charge is 1.99. The number of amides is 2. The molecule has 4 heteroatoms. The lowest BCUT2D eigenvalue weighted by molar-refractivity contribution is 0.254. The van der Waals surface area contributed by atoms with E-state index in [0.29, 0.717) is 0 Å². The first-order valence-corrected chi connectivity index (χ1v) is 7.12. The quantitative estimate of drug-likeness (QED) is 0.789. The van der Waals surface area contributed by atoms with Crippen LogP contribution in [-0.2, 0) is 6.42 Å². The van der Waals surface area contributed by atoms with Crippen LogP contribution in [0.1, 0.15) is 46.1 Å².